The third-order valence-electron chi connectivity index (χ3n) is 8.35. The molecule has 14 heteroatoms. The van der Waals surface area contributed by atoms with Gasteiger partial charge >= 0.3 is 18.4 Å². The first-order valence-electron chi connectivity index (χ1n) is 16.6. The fraction of sp³-hybridized carbons (Fsp3) is 0.378. The number of halogens is 6. The number of carbonyl (C=O) groups is 1. The fourth-order valence-corrected chi connectivity index (χ4v) is 6.02. The zero-order chi connectivity index (χ0) is 36.8. The lowest BCUT2D eigenvalue weighted by Gasteiger charge is -2.26. The highest BCUT2D eigenvalue weighted by Crippen LogP contribution is 2.37. The molecule has 1 aliphatic rings. The average molecular weight is 716 g/mol. The van der Waals surface area contributed by atoms with Crippen LogP contribution in [0.3, 0.4) is 0 Å². The quantitative estimate of drug-likeness (QED) is 0.122. The monoisotopic (exact) mass is 715 g/mol. The largest absolute Gasteiger partial charge is 0.493 e. The SMILES string of the molecule is Cc1cc(C)c(OC(=O)N(Cc2cc(C(F)(F)F)cc(C(F)(F)F)c2)c2ccnc(Nc3cccc(OCCCN4CCCCC4)c3)n2)c(C)c1. The molecule has 1 aromatic heterocycles. The summed E-state index contributed by atoms with van der Waals surface area (Å²) in [5.74, 6) is 0.691. The zero-order valence-corrected chi connectivity index (χ0v) is 28.5. The Balaban J connectivity index is 1.40. The topological polar surface area (TPSA) is 79.8 Å². The minimum atomic E-state index is -5.07. The number of likely N-dealkylation sites (tertiary alicyclic amines) is 1. The molecule has 0 aliphatic carbocycles. The van der Waals surface area contributed by atoms with Gasteiger partial charge in [0.05, 0.1) is 24.3 Å². The van der Waals surface area contributed by atoms with E-state index in [1.807, 2.05) is 6.92 Å². The summed E-state index contributed by atoms with van der Waals surface area (Å²) in [5, 5.41) is 3.03. The maximum atomic E-state index is 13.8. The van der Waals surface area contributed by atoms with E-state index in [0.717, 1.165) is 36.5 Å². The normalized spacial score (nSPS) is 13.9. The second-order valence-corrected chi connectivity index (χ2v) is 12.6. The van der Waals surface area contributed by atoms with E-state index in [9.17, 15) is 31.1 Å². The van der Waals surface area contributed by atoms with Crippen molar-refractivity contribution in [1.82, 2.24) is 14.9 Å². The molecule has 0 radical (unpaired) electrons. The van der Waals surface area contributed by atoms with E-state index in [0.29, 0.717) is 41.3 Å². The van der Waals surface area contributed by atoms with Crippen LogP contribution in [0.4, 0.5) is 48.6 Å². The van der Waals surface area contributed by atoms with Crippen molar-refractivity contribution in [2.24, 2.45) is 0 Å². The van der Waals surface area contributed by atoms with Gasteiger partial charge in [0.1, 0.15) is 17.3 Å². The summed E-state index contributed by atoms with van der Waals surface area (Å²) in [4.78, 5) is 25.7. The first kappa shape index (κ1) is 37.4. The first-order chi connectivity index (χ1) is 24.2. The molecule has 8 nitrogen and oxygen atoms in total. The minimum absolute atomic E-state index is 0.00951. The molecule has 0 bridgehead atoms. The second-order valence-electron chi connectivity index (χ2n) is 12.6. The Morgan fingerprint density at radius 2 is 1.55 bits per heavy atom. The second kappa shape index (κ2) is 16.0. The Bertz CT molecular complexity index is 1770. The molecule has 0 saturated carbocycles. The highest BCUT2D eigenvalue weighted by Gasteiger charge is 2.37. The predicted octanol–water partition coefficient (Wildman–Crippen LogP) is 9.64. The van der Waals surface area contributed by atoms with Crippen molar-refractivity contribution in [2.45, 2.75) is 65.4 Å². The molecule has 0 atom stereocenters. The number of alkyl halides is 6. The van der Waals surface area contributed by atoms with Gasteiger partial charge in [-0.25, -0.2) is 9.78 Å². The van der Waals surface area contributed by atoms with Crippen LogP contribution in [0.25, 0.3) is 0 Å². The van der Waals surface area contributed by atoms with E-state index in [2.05, 4.69) is 20.2 Å². The lowest BCUT2D eigenvalue weighted by molar-refractivity contribution is -0.143. The van der Waals surface area contributed by atoms with Gasteiger partial charge in [-0.2, -0.15) is 31.3 Å². The molecular weight excluding hydrogens is 676 g/mol. The van der Waals surface area contributed by atoms with E-state index < -0.39 is 41.7 Å². The number of rotatable bonds is 11. The number of aromatic nitrogens is 2. The Labute approximate surface area is 292 Å². The molecule has 1 N–H and O–H groups in total. The van der Waals surface area contributed by atoms with Crippen molar-refractivity contribution in [3.8, 4) is 11.5 Å². The molecule has 1 fully saturated rings. The van der Waals surface area contributed by atoms with Crippen molar-refractivity contribution in [3.63, 3.8) is 0 Å². The number of carbonyl (C=O) groups excluding carboxylic acids is 1. The molecule has 51 heavy (non-hydrogen) atoms. The fourth-order valence-electron chi connectivity index (χ4n) is 6.02. The number of nitrogens with one attached hydrogen (secondary N) is 1. The minimum Gasteiger partial charge on any atom is -0.493 e. The molecule has 4 aromatic rings. The van der Waals surface area contributed by atoms with Crippen molar-refractivity contribution in [3.05, 3.63) is 100 Å². The molecular formula is C37H39F6N5O3. The molecule has 1 aliphatic heterocycles. The zero-order valence-electron chi connectivity index (χ0n) is 28.5. The molecule has 5 rings (SSSR count). The summed E-state index contributed by atoms with van der Waals surface area (Å²) in [5.41, 5.74) is -0.786. The summed E-state index contributed by atoms with van der Waals surface area (Å²) >= 11 is 0. The van der Waals surface area contributed by atoms with Gasteiger partial charge in [-0.15, -0.1) is 0 Å². The number of aryl methyl sites for hydroxylation is 3. The maximum Gasteiger partial charge on any atom is 0.421 e. The number of anilines is 3. The molecule has 1 amide bonds. The predicted molar refractivity (Wildman–Crippen MR) is 181 cm³/mol. The van der Waals surface area contributed by atoms with Gasteiger partial charge in [0, 0.05) is 24.5 Å². The Kier molecular flexibility index (Phi) is 11.7. The van der Waals surface area contributed by atoms with Gasteiger partial charge in [-0.1, -0.05) is 30.2 Å². The number of ether oxygens (including phenoxy) is 2. The van der Waals surface area contributed by atoms with E-state index in [1.54, 1.807) is 50.2 Å². The van der Waals surface area contributed by atoms with Crippen LogP contribution in [-0.4, -0.2) is 47.2 Å². The summed E-state index contributed by atoms with van der Waals surface area (Å²) in [6.07, 6.45) is -5.34. The summed E-state index contributed by atoms with van der Waals surface area (Å²) < 4.78 is 93.9. The molecule has 3 aromatic carbocycles. The van der Waals surface area contributed by atoms with Crippen molar-refractivity contribution in [1.29, 1.82) is 0 Å². The van der Waals surface area contributed by atoms with Crippen LogP contribution in [0.1, 0.15) is 59.1 Å². The van der Waals surface area contributed by atoms with Crippen molar-refractivity contribution >= 4 is 23.5 Å². The van der Waals surface area contributed by atoms with Crippen LogP contribution in [0.15, 0.2) is 66.9 Å². The molecule has 0 spiro atoms. The van der Waals surface area contributed by atoms with Gasteiger partial charge in [0.2, 0.25) is 5.95 Å². The van der Waals surface area contributed by atoms with E-state index in [1.165, 1.54) is 31.5 Å². The number of benzene rings is 3. The van der Waals surface area contributed by atoms with Gasteiger partial charge in [0.25, 0.3) is 0 Å². The molecule has 0 unspecified atom stereocenters. The number of hydrogen-bond donors (Lipinski definition) is 1. The van der Waals surface area contributed by atoms with Gasteiger partial charge in [-0.05, 0) is 106 Å². The Morgan fingerprint density at radius 3 is 2.20 bits per heavy atom. The number of piperidine rings is 1. The van der Waals surface area contributed by atoms with Gasteiger partial charge < -0.3 is 19.7 Å². The summed E-state index contributed by atoms with van der Waals surface area (Å²) in [6.45, 7) is 8.25. The van der Waals surface area contributed by atoms with E-state index in [4.69, 9.17) is 9.47 Å². The summed E-state index contributed by atoms with van der Waals surface area (Å²) in [6, 6.07) is 13.1. The third kappa shape index (κ3) is 10.3. The van der Waals surface area contributed by atoms with Crippen LogP contribution in [-0.2, 0) is 18.9 Å². The Morgan fingerprint density at radius 1 is 0.882 bits per heavy atom. The van der Waals surface area contributed by atoms with Crippen LogP contribution in [0, 0.1) is 20.8 Å². The third-order valence-corrected chi connectivity index (χ3v) is 8.35. The number of amides is 1. The van der Waals surface area contributed by atoms with Crippen molar-refractivity contribution < 1.29 is 40.6 Å². The Hall–Kier alpha value is -4.85. The van der Waals surface area contributed by atoms with E-state index in [-0.39, 0.29) is 23.6 Å². The molecule has 1 saturated heterocycles. The van der Waals surface area contributed by atoms with Crippen LogP contribution in [0.2, 0.25) is 0 Å². The molecule has 272 valence electrons. The van der Waals surface area contributed by atoms with Crippen LogP contribution in [0.5, 0.6) is 11.5 Å². The van der Waals surface area contributed by atoms with Crippen LogP contribution < -0.4 is 19.7 Å². The highest BCUT2D eigenvalue weighted by molar-refractivity contribution is 5.88. The standard InChI is InChI=1S/C37H39F6N5O3/c1-24-17-25(2)33(26(3)18-24)51-35(49)48(23-27-19-28(36(38,39)40)21-29(20-27)37(41,42)43)32-11-12-44-34(46-32)45-30-9-7-10-31(22-30)50-16-8-15-47-13-5-4-6-14-47/h7,9-12,17-22H,4-6,8,13-16,23H2,1-3H3,(H,44,45,46). The highest BCUT2D eigenvalue weighted by atomic mass is 19.4. The van der Waals surface area contributed by atoms with Gasteiger partial charge in [0.15, 0.2) is 0 Å². The first-order valence-corrected chi connectivity index (χ1v) is 16.6. The lowest BCUT2D eigenvalue weighted by atomic mass is 10.0. The lowest BCUT2D eigenvalue weighted by Crippen LogP contribution is -2.34. The maximum absolute atomic E-state index is 13.8. The smallest absolute Gasteiger partial charge is 0.421 e. The number of hydrogen-bond acceptors (Lipinski definition) is 7. The van der Waals surface area contributed by atoms with Crippen molar-refractivity contribution in [2.75, 3.05) is 36.5 Å². The average Bonchev–Trinajstić information content (AvgIpc) is 3.07. The molecule has 2 heterocycles. The van der Waals surface area contributed by atoms with Crippen LogP contribution >= 0.6 is 0 Å². The summed E-state index contributed by atoms with van der Waals surface area (Å²) in [7, 11) is 0. The van der Waals surface area contributed by atoms with E-state index >= 15 is 0 Å². The van der Waals surface area contributed by atoms with Gasteiger partial charge in [-0.3, -0.25) is 4.90 Å². The number of nitrogens with zero attached hydrogens (tertiary/aromatic N) is 4.